The van der Waals surface area contributed by atoms with Gasteiger partial charge in [0.05, 0.1) is 18.9 Å². The van der Waals surface area contributed by atoms with Gasteiger partial charge in [0.2, 0.25) is 11.8 Å². The maximum atomic E-state index is 12.5. The fraction of sp³-hybridized carbons (Fsp3) is 0.688. The SMILES string of the molecule is COC(=O)NC(=O)[C@@H](C)OC(=O)[C@H](C)N1C(=O)[C@H]2CCCC[C@H]2C1=O. The van der Waals surface area contributed by atoms with Gasteiger partial charge in [-0.05, 0) is 26.7 Å². The Morgan fingerprint density at radius 1 is 1.08 bits per heavy atom. The highest BCUT2D eigenvalue weighted by molar-refractivity contribution is 6.08. The van der Waals surface area contributed by atoms with E-state index in [1.807, 2.05) is 5.32 Å². The van der Waals surface area contributed by atoms with E-state index in [0.717, 1.165) is 24.9 Å². The zero-order valence-electron chi connectivity index (χ0n) is 14.4. The normalized spacial score (nSPS) is 25.0. The van der Waals surface area contributed by atoms with Crippen LogP contribution in [0.2, 0.25) is 0 Å². The summed E-state index contributed by atoms with van der Waals surface area (Å²) in [4.78, 5) is 60.8. The van der Waals surface area contributed by atoms with Crippen molar-refractivity contribution in [3.05, 3.63) is 0 Å². The summed E-state index contributed by atoms with van der Waals surface area (Å²) in [5.74, 6) is -3.18. The van der Waals surface area contributed by atoms with Crippen LogP contribution in [0.3, 0.4) is 0 Å². The first kappa shape index (κ1) is 18.9. The fourth-order valence-corrected chi connectivity index (χ4v) is 3.25. The zero-order valence-corrected chi connectivity index (χ0v) is 14.4. The van der Waals surface area contributed by atoms with Crippen molar-refractivity contribution in [3.8, 4) is 0 Å². The third-order valence-electron chi connectivity index (χ3n) is 4.68. The number of nitrogens with zero attached hydrogens (tertiary/aromatic N) is 1. The number of hydrogen-bond acceptors (Lipinski definition) is 7. The summed E-state index contributed by atoms with van der Waals surface area (Å²) < 4.78 is 9.26. The lowest BCUT2D eigenvalue weighted by molar-refractivity contribution is -0.163. The molecule has 0 aromatic heterocycles. The molecule has 2 fully saturated rings. The van der Waals surface area contributed by atoms with Crippen LogP contribution in [-0.4, -0.2) is 53.9 Å². The molecule has 1 aliphatic heterocycles. The topological polar surface area (TPSA) is 119 Å². The molecule has 4 amide bonds. The van der Waals surface area contributed by atoms with Gasteiger partial charge in [-0.1, -0.05) is 12.8 Å². The van der Waals surface area contributed by atoms with Gasteiger partial charge in [0.15, 0.2) is 6.10 Å². The molecule has 9 heteroatoms. The lowest BCUT2D eigenvalue weighted by Crippen LogP contribution is -2.47. The van der Waals surface area contributed by atoms with E-state index in [0.29, 0.717) is 12.8 Å². The van der Waals surface area contributed by atoms with Crippen LogP contribution in [0.1, 0.15) is 39.5 Å². The van der Waals surface area contributed by atoms with Gasteiger partial charge in [0.25, 0.3) is 5.91 Å². The molecule has 0 spiro atoms. The summed E-state index contributed by atoms with van der Waals surface area (Å²) in [5, 5.41) is 1.88. The second kappa shape index (κ2) is 7.62. The Morgan fingerprint density at radius 3 is 2.08 bits per heavy atom. The van der Waals surface area contributed by atoms with Crippen LogP contribution in [0.25, 0.3) is 0 Å². The van der Waals surface area contributed by atoms with Gasteiger partial charge in [-0.15, -0.1) is 0 Å². The third-order valence-corrected chi connectivity index (χ3v) is 4.68. The van der Waals surface area contributed by atoms with E-state index in [9.17, 15) is 24.0 Å². The summed E-state index contributed by atoms with van der Waals surface area (Å²) in [6.07, 6.45) is 0.811. The highest BCUT2D eigenvalue weighted by Gasteiger charge is 2.51. The number of amides is 4. The average Bonchev–Trinajstić information content (AvgIpc) is 2.85. The predicted molar refractivity (Wildman–Crippen MR) is 82.9 cm³/mol. The van der Waals surface area contributed by atoms with Crippen LogP contribution in [0, 0.1) is 11.8 Å². The largest absolute Gasteiger partial charge is 0.453 e. The zero-order chi connectivity index (χ0) is 18.7. The van der Waals surface area contributed by atoms with Gasteiger partial charge < -0.3 is 9.47 Å². The number of methoxy groups -OCH3 is 1. The summed E-state index contributed by atoms with van der Waals surface area (Å²) in [5.41, 5.74) is 0. The monoisotopic (exact) mass is 354 g/mol. The van der Waals surface area contributed by atoms with Gasteiger partial charge in [-0.3, -0.25) is 24.6 Å². The minimum absolute atomic E-state index is 0.356. The molecule has 2 rings (SSSR count). The molecule has 0 aromatic carbocycles. The lowest BCUT2D eigenvalue weighted by Gasteiger charge is -2.23. The second-order valence-corrected chi connectivity index (χ2v) is 6.28. The van der Waals surface area contributed by atoms with Crippen molar-refractivity contribution in [2.45, 2.75) is 51.7 Å². The molecule has 1 aliphatic carbocycles. The number of esters is 1. The highest BCUT2D eigenvalue weighted by Crippen LogP contribution is 2.38. The average molecular weight is 354 g/mol. The van der Waals surface area contributed by atoms with E-state index in [2.05, 4.69) is 4.74 Å². The van der Waals surface area contributed by atoms with E-state index >= 15 is 0 Å². The maximum Gasteiger partial charge on any atom is 0.413 e. The number of carbonyl (C=O) groups is 5. The number of likely N-dealkylation sites (tertiary alicyclic amines) is 1. The van der Waals surface area contributed by atoms with Crippen LogP contribution in [-0.2, 0) is 28.7 Å². The molecular formula is C16H22N2O7. The number of imide groups is 2. The molecule has 9 nitrogen and oxygen atoms in total. The van der Waals surface area contributed by atoms with Gasteiger partial charge in [-0.25, -0.2) is 9.59 Å². The van der Waals surface area contributed by atoms with E-state index in [1.54, 1.807) is 0 Å². The van der Waals surface area contributed by atoms with Crippen molar-refractivity contribution < 1.29 is 33.4 Å². The smallest absolute Gasteiger partial charge is 0.413 e. The van der Waals surface area contributed by atoms with E-state index in [-0.39, 0.29) is 23.7 Å². The van der Waals surface area contributed by atoms with E-state index in [4.69, 9.17) is 4.74 Å². The summed E-state index contributed by atoms with van der Waals surface area (Å²) in [7, 11) is 1.09. The van der Waals surface area contributed by atoms with Crippen molar-refractivity contribution in [3.63, 3.8) is 0 Å². The molecule has 0 bridgehead atoms. The van der Waals surface area contributed by atoms with Gasteiger partial charge in [0.1, 0.15) is 6.04 Å². The first-order valence-corrected chi connectivity index (χ1v) is 8.24. The standard InChI is InChI=1S/C16H22N2O7/c1-8(15(22)25-9(2)12(19)17-16(23)24-3)18-13(20)10-6-4-5-7-11(10)14(18)21/h8-11H,4-7H2,1-3H3,(H,17,19,23)/t8-,9+,10-,11+/m0/s1. The van der Waals surface area contributed by atoms with Crippen molar-refractivity contribution in [1.82, 2.24) is 10.2 Å². The van der Waals surface area contributed by atoms with Gasteiger partial charge >= 0.3 is 12.1 Å². The third kappa shape index (κ3) is 3.80. The Hall–Kier alpha value is -2.45. The molecule has 0 aromatic rings. The van der Waals surface area contributed by atoms with Crippen molar-refractivity contribution in [1.29, 1.82) is 0 Å². The molecule has 1 saturated carbocycles. The number of rotatable bonds is 4. The van der Waals surface area contributed by atoms with Crippen LogP contribution in [0.15, 0.2) is 0 Å². The maximum absolute atomic E-state index is 12.5. The van der Waals surface area contributed by atoms with Crippen LogP contribution < -0.4 is 5.32 Å². The summed E-state index contributed by atoms with van der Waals surface area (Å²) in [6.45, 7) is 2.66. The molecule has 1 N–H and O–H groups in total. The fourth-order valence-electron chi connectivity index (χ4n) is 3.25. The quantitative estimate of drug-likeness (QED) is 0.572. The molecule has 138 valence electrons. The van der Waals surface area contributed by atoms with Crippen LogP contribution >= 0.6 is 0 Å². The molecule has 25 heavy (non-hydrogen) atoms. The Bertz CT molecular complexity index is 579. The Kier molecular flexibility index (Phi) is 5.76. The number of alkyl carbamates (subject to hydrolysis) is 1. The summed E-state index contributed by atoms with van der Waals surface area (Å²) >= 11 is 0. The molecule has 1 heterocycles. The Morgan fingerprint density at radius 2 is 1.60 bits per heavy atom. The van der Waals surface area contributed by atoms with E-state index < -0.39 is 30.1 Å². The lowest BCUT2D eigenvalue weighted by atomic mass is 9.81. The highest BCUT2D eigenvalue weighted by atomic mass is 16.6. The van der Waals surface area contributed by atoms with Crippen LogP contribution in [0.4, 0.5) is 4.79 Å². The number of ether oxygens (including phenoxy) is 2. The molecule has 0 radical (unpaired) electrons. The molecule has 2 aliphatic rings. The van der Waals surface area contributed by atoms with Crippen molar-refractivity contribution >= 4 is 29.8 Å². The first-order valence-electron chi connectivity index (χ1n) is 8.24. The Labute approximate surface area is 145 Å². The van der Waals surface area contributed by atoms with Crippen molar-refractivity contribution in [2.75, 3.05) is 7.11 Å². The predicted octanol–water partition coefficient (Wildman–Crippen LogP) is 0.364. The van der Waals surface area contributed by atoms with Gasteiger partial charge in [0, 0.05) is 0 Å². The van der Waals surface area contributed by atoms with Crippen LogP contribution in [0.5, 0.6) is 0 Å². The number of carbonyl (C=O) groups excluding carboxylic acids is 5. The van der Waals surface area contributed by atoms with E-state index in [1.165, 1.54) is 13.8 Å². The molecular weight excluding hydrogens is 332 g/mol. The molecule has 4 atom stereocenters. The Balaban J connectivity index is 1.99. The first-order chi connectivity index (χ1) is 11.8. The number of hydrogen-bond donors (Lipinski definition) is 1. The van der Waals surface area contributed by atoms with Crippen molar-refractivity contribution in [2.24, 2.45) is 11.8 Å². The number of nitrogens with one attached hydrogen (secondary N) is 1. The molecule has 1 saturated heterocycles. The minimum atomic E-state index is -1.27. The molecule has 0 unspecified atom stereocenters. The summed E-state index contributed by atoms with van der Waals surface area (Å²) in [6, 6.07) is -1.13. The minimum Gasteiger partial charge on any atom is -0.453 e. The van der Waals surface area contributed by atoms with Gasteiger partial charge in [-0.2, -0.15) is 0 Å². The second-order valence-electron chi connectivity index (χ2n) is 6.28. The number of fused-ring (bicyclic) bond motifs is 1.